The number of halogens is 1. The second-order valence-corrected chi connectivity index (χ2v) is 8.99. The third-order valence-electron chi connectivity index (χ3n) is 3.84. The lowest BCUT2D eigenvalue weighted by Gasteiger charge is -2.13. The van der Waals surface area contributed by atoms with E-state index < -0.39 is 16.0 Å². The van der Waals surface area contributed by atoms with E-state index in [1.54, 1.807) is 48.5 Å². The molecule has 3 rings (SSSR count). The topological polar surface area (TPSA) is 83.5 Å². The summed E-state index contributed by atoms with van der Waals surface area (Å²) in [6, 6.07) is 19.6. The van der Waals surface area contributed by atoms with Gasteiger partial charge in [-0.1, -0.05) is 41.9 Å². The molecule has 0 spiro atoms. The van der Waals surface area contributed by atoms with Crippen LogP contribution >= 0.6 is 23.4 Å². The van der Waals surface area contributed by atoms with Gasteiger partial charge < -0.3 is 5.11 Å². The van der Waals surface area contributed by atoms with E-state index in [1.807, 2.05) is 0 Å². The van der Waals surface area contributed by atoms with Gasteiger partial charge in [0, 0.05) is 15.7 Å². The van der Waals surface area contributed by atoms with Crippen LogP contribution in [-0.2, 0) is 15.8 Å². The number of thioether (sulfide) groups is 1. The lowest BCUT2D eigenvalue weighted by molar-refractivity contribution is 0.0697. The van der Waals surface area contributed by atoms with Crippen molar-refractivity contribution in [1.82, 2.24) is 0 Å². The summed E-state index contributed by atoms with van der Waals surface area (Å²) >= 11 is 7.49. The monoisotopic (exact) mass is 433 g/mol. The lowest BCUT2D eigenvalue weighted by atomic mass is 10.1. The third kappa shape index (κ3) is 5.07. The van der Waals surface area contributed by atoms with Crippen LogP contribution in [-0.4, -0.2) is 19.5 Å². The molecule has 0 atom stereocenters. The van der Waals surface area contributed by atoms with Gasteiger partial charge in [-0.15, -0.1) is 11.8 Å². The number of benzene rings is 3. The van der Waals surface area contributed by atoms with Gasteiger partial charge in [-0.25, -0.2) is 13.2 Å². The van der Waals surface area contributed by atoms with E-state index >= 15 is 0 Å². The molecule has 0 bridgehead atoms. The second kappa shape index (κ2) is 8.68. The Morgan fingerprint density at radius 1 is 1.00 bits per heavy atom. The van der Waals surface area contributed by atoms with E-state index in [4.69, 9.17) is 16.7 Å². The Balaban J connectivity index is 1.80. The Kier molecular flexibility index (Phi) is 6.28. The fourth-order valence-electron chi connectivity index (χ4n) is 2.41. The molecule has 0 aliphatic rings. The van der Waals surface area contributed by atoms with Crippen LogP contribution in [0.5, 0.6) is 0 Å². The van der Waals surface area contributed by atoms with Gasteiger partial charge in [0.15, 0.2) is 0 Å². The zero-order valence-corrected chi connectivity index (χ0v) is 16.9. The Labute approximate surface area is 172 Å². The van der Waals surface area contributed by atoms with Crippen molar-refractivity contribution in [2.24, 2.45) is 0 Å². The average Bonchev–Trinajstić information content (AvgIpc) is 2.69. The molecule has 0 aliphatic heterocycles. The molecule has 0 saturated heterocycles. The molecule has 0 heterocycles. The van der Waals surface area contributed by atoms with Gasteiger partial charge in [0.05, 0.1) is 16.1 Å². The van der Waals surface area contributed by atoms with E-state index in [0.29, 0.717) is 21.4 Å². The fourth-order valence-corrected chi connectivity index (χ4v) is 4.81. The smallest absolute Gasteiger partial charge is 0.335 e. The van der Waals surface area contributed by atoms with Gasteiger partial charge in [-0.05, 0) is 48.0 Å². The highest BCUT2D eigenvalue weighted by atomic mass is 35.5. The molecule has 3 aromatic carbocycles. The molecule has 2 N–H and O–H groups in total. The number of carbonyl (C=O) groups is 1. The molecule has 144 valence electrons. The normalized spacial score (nSPS) is 11.2. The number of rotatable bonds is 7. The summed E-state index contributed by atoms with van der Waals surface area (Å²) < 4.78 is 27.8. The highest BCUT2D eigenvalue weighted by Crippen LogP contribution is 2.33. The first-order chi connectivity index (χ1) is 13.3. The molecular weight excluding hydrogens is 418 g/mol. The summed E-state index contributed by atoms with van der Waals surface area (Å²) in [5.74, 6) is -0.452. The van der Waals surface area contributed by atoms with E-state index in [1.165, 1.54) is 36.0 Å². The maximum atomic E-state index is 12.6. The Morgan fingerprint density at radius 3 is 2.32 bits per heavy atom. The quantitative estimate of drug-likeness (QED) is 0.504. The summed E-state index contributed by atoms with van der Waals surface area (Å²) in [6.07, 6.45) is 0. The van der Waals surface area contributed by atoms with Crippen LogP contribution in [0.3, 0.4) is 0 Å². The SMILES string of the molecule is O=C(O)c1ccc(CSc2cc(Cl)ccc2NS(=O)(=O)c2ccccc2)cc1. The zero-order chi connectivity index (χ0) is 20.1. The Bertz CT molecular complexity index is 1080. The van der Waals surface area contributed by atoms with Crippen molar-refractivity contribution in [3.63, 3.8) is 0 Å². The number of carboxylic acid groups (broad SMARTS) is 1. The molecule has 8 heteroatoms. The predicted molar refractivity (Wildman–Crippen MR) is 112 cm³/mol. The number of hydrogen-bond donors (Lipinski definition) is 2. The molecule has 0 fully saturated rings. The second-order valence-electron chi connectivity index (χ2n) is 5.85. The number of hydrogen-bond acceptors (Lipinski definition) is 4. The van der Waals surface area contributed by atoms with E-state index in [0.717, 1.165) is 5.56 Å². The number of nitrogens with one attached hydrogen (secondary N) is 1. The van der Waals surface area contributed by atoms with Crippen molar-refractivity contribution >= 4 is 45.0 Å². The molecule has 5 nitrogen and oxygen atoms in total. The first kappa shape index (κ1) is 20.3. The predicted octanol–water partition coefficient (Wildman–Crippen LogP) is 5.13. The first-order valence-electron chi connectivity index (χ1n) is 8.17. The van der Waals surface area contributed by atoms with Gasteiger partial charge in [0.1, 0.15) is 0 Å². The molecule has 0 aromatic heterocycles. The minimum absolute atomic E-state index is 0.171. The number of anilines is 1. The Morgan fingerprint density at radius 2 is 1.68 bits per heavy atom. The van der Waals surface area contributed by atoms with Gasteiger partial charge in [-0.2, -0.15) is 0 Å². The van der Waals surface area contributed by atoms with Crippen molar-refractivity contribution in [3.05, 3.63) is 88.9 Å². The standard InChI is InChI=1S/C20H16ClNO4S2/c21-16-10-11-18(22-28(25,26)17-4-2-1-3-5-17)19(12-16)27-13-14-6-8-15(9-7-14)20(23)24/h1-12,22H,13H2,(H,23,24). The minimum atomic E-state index is -3.72. The summed E-state index contributed by atoms with van der Waals surface area (Å²) in [7, 11) is -3.72. The zero-order valence-electron chi connectivity index (χ0n) is 14.5. The lowest BCUT2D eigenvalue weighted by Crippen LogP contribution is -2.13. The number of aromatic carboxylic acids is 1. The molecule has 0 radical (unpaired) electrons. The largest absolute Gasteiger partial charge is 0.478 e. The van der Waals surface area contributed by atoms with Crippen LogP contribution in [0.25, 0.3) is 0 Å². The van der Waals surface area contributed by atoms with Crippen LogP contribution in [0.15, 0.2) is 82.6 Å². The molecule has 0 unspecified atom stereocenters. The van der Waals surface area contributed by atoms with E-state index in [2.05, 4.69) is 4.72 Å². The van der Waals surface area contributed by atoms with Crippen molar-refractivity contribution in [2.45, 2.75) is 15.5 Å². The maximum Gasteiger partial charge on any atom is 0.335 e. The van der Waals surface area contributed by atoms with Crippen LogP contribution in [0.1, 0.15) is 15.9 Å². The third-order valence-corrected chi connectivity index (χ3v) is 6.58. The van der Waals surface area contributed by atoms with Crippen LogP contribution < -0.4 is 4.72 Å². The number of carboxylic acids is 1. The molecule has 0 amide bonds. The van der Waals surface area contributed by atoms with Crippen molar-refractivity contribution in [2.75, 3.05) is 4.72 Å². The van der Waals surface area contributed by atoms with E-state index in [-0.39, 0.29) is 10.5 Å². The molecule has 28 heavy (non-hydrogen) atoms. The highest BCUT2D eigenvalue weighted by Gasteiger charge is 2.16. The summed E-state index contributed by atoms with van der Waals surface area (Å²) in [4.78, 5) is 11.8. The van der Waals surface area contributed by atoms with Crippen LogP contribution in [0.4, 0.5) is 5.69 Å². The van der Waals surface area contributed by atoms with Crippen molar-refractivity contribution in [1.29, 1.82) is 0 Å². The summed E-state index contributed by atoms with van der Waals surface area (Å²) in [5, 5.41) is 9.46. The fraction of sp³-hybridized carbons (Fsp3) is 0.0500. The average molecular weight is 434 g/mol. The van der Waals surface area contributed by atoms with Crippen LogP contribution in [0, 0.1) is 0 Å². The van der Waals surface area contributed by atoms with Gasteiger partial charge in [-0.3, -0.25) is 4.72 Å². The summed E-state index contributed by atoms with van der Waals surface area (Å²) in [6.45, 7) is 0. The van der Waals surface area contributed by atoms with Crippen molar-refractivity contribution in [3.8, 4) is 0 Å². The first-order valence-corrected chi connectivity index (χ1v) is 11.0. The minimum Gasteiger partial charge on any atom is -0.478 e. The van der Waals surface area contributed by atoms with Crippen molar-refractivity contribution < 1.29 is 18.3 Å². The van der Waals surface area contributed by atoms with Gasteiger partial charge in [0.25, 0.3) is 10.0 Å². The molecule has 0 saturated carbocycles. The van der Waals surface area contributed by atoms with E-state index in [9.17, 15) is 13.2 Å². The van der Waals surface area contributed by atoms with Gasteiger partial charge in [0.2, 0.25) is 0 Å². The Hall–Kier alpha value is -2.48. The van der Waals surface area contributed by atoms with Gasteiger partial charge >= 0.3 is 5.97 Å². The summed E-state index contributed by atoms with van der Waals surface area (Å²) in [5.41, 5.74) is 1.56. The number of sulfonamides is 1. The molecule has 0 aliphatic carbocycles. The maximum absolute atomic E-state index is 12.6. The molecule has 3 aromatic rings. The molecular formula is C20H16ClNO4S2. The highest BCUT2D eigenvalue weighted by molar-refractivity contribution is 7.98. The van der Waals surface area contributed by atoms with Crippen LogP contribution in [0.2, 0.25) is 5.02 Å².